The molecule has 1 saturated heterocycles. The van der Waals surface area contributed by atoms with Crippen molar-refractivity contribution in [3.63, 3.8) is 0 Å². The zero-order valence-corrected chi connectivity index (χ0v) is 22.1. The first-order chi connectivity index (χ1) is 16.2. The molecule has 0 radical (unpaired) electrons. The number of amides is 1. The van der Waals surface area contributed by atoms with Crippen LogP contribution in [-0.4, -0.2) is 63.1 Å². The van der Waals surface area contributed by atoms with E-state index in [0.29, 0.717) is 20.7 Å². The van der Waals surface area contributed by atoms with Gasteiger partial charge in [-0.15, -0.1) is 0 Å². The van der Waals surface area contributed by atoms with Crippen LogP contribution in [0.4, 0.5) is 17.5 Å². The lowest BCUT2D eigenvalue weighted by molar-refractivity contribution is -0.130. The minimum Gasteiger partial charge on any atom is -0.478 e. The summed E-state index contributed by atoms with van der Waals surface area (Å²) in [4.78, 5) is 37.2. The lowest BCUT2D eigenvalue weighted by Gasteiger charge is -2.29. The van der Waals surface area contributed by atoms with E-state index in [1.807, 2.05) is 18.2 Å². The maximum atomic E-state index is 12.7. The van der Waals surface area contributed by atoms with Crippen molar-refractivity contribution in [2.24, 2.45) is 7.05 Å². The van der Waals surface area contributed by atoms with E-state index in [1.165, 1.54) is 9.47 Å². The number of pyridine rings is 1. The molecule has 0 spiro atoms. The number of fused-ring (bicyclic) bond motifs is 1. The quantitative estimate of drug-likeness (QED) is 0.344. The number of aryl methyl sites for hydroxylation is 1. The summed E-state index contributed by atoms with van der Waals surface area (Å²) in [6, 6.07) is 7.23. The Balaban J connectivity index is 1.60. The Morgan fingerprint density at radius 3 is 2.74 bits per heavy atom. The Morgan fingerprint density at radius 2 is 2.03 bits per heavy atom. The number of likely N-dealkylation sites (N-methyl/N-ethyl adjacent to an activating group) is 1. The highest BCUT2D eigenvalue weighted by atomic mass is 127. The number of carbonyl (C=O) groups is 1. The number of halogens is 2. The number of nitrogens with zero attached hydrogens (tertiary/aromatic N) is 5. The van der Waals surface area contributed by atoms with Crippen molar-refractivity contribution < 1.29 is 9.53 Å². The van der Waals surface area contributed by atoms with Gasteiger partial charge in [-0.05, 0) is 37.1 Å². The largest absolute Gasteiger partial charge is 0.478 e. The predicted molar refractivity (Wildman–Crippen MR) is 143 cm³/mol. The van der Waals surface area contributed by atoms with Crippen molar-refractivity contribution in [2.45, 2.75) is 16.8 Å². The molecular formula is C23H26ClIN6O3. The van der Waals surface area contributed by atoms with Gasteiger partial charge in [0.1, 0.15) is 5.02 Å². The third kappa shape index (κ3) is 5.38. The van der Waals surface area contributed by atoms with E-state index in [1.54, 1.807) is 33.4 Å². The summed E-state index contributed by atoms with van der Waals surface area (Å²) in [7, 11) is 4.94. The van der Waals surface area contributed by atoms with E-state index >= 15 is 0 Å². The number of piperidine rings is 1. The normalized spacial score (nSPS) is 14.3. The Bertz CT molecular complexity index is 1270. The van der Waals surface area contributed by atoms with Gasteiger partial charge in [-0.25, -0.2) is 4.98 Å². The number of hydrogen-bond acceptors (Lipinski definition) is 7. The van der Waals surface area contributed by atoms with Crippen molar-refractivity contribution in [3.05, 3.63) is 45.8 Å². The second kappa shape index (κ2) is 10.3. The molecule has 1 aromatic carbocycles. The number of aromatic nitrogens is 3. The van der Waals surface area contributed by atoms with Gasteiger partial charge in [-0.3, -0.25) is 9.59 Å². The fraction of sp³-hybridized carbons (Fsp3) is 0.391. The molecule has 180 valence electrons. The molecule has 34 heavy (non-hydrogen) atoms. The number of benzene rings is 1. The van der Waals surface area contributed by atoms with Gasteiger partial charge in [0.25, 0.3) is 11.5 Å². The van der Waals surface area contributed by atoms with E-state index in [-0.39, 0.29) is 23.8 Å². The van der Waals surface area contributed by atoms with Crippen molar-refractivity contribution in [1.82, 2.24) is 19.4 Å². The van der Waals surface area contributed by atoms with Crippen molar-refractivity contribution in [3.8, 4) is 5.75 Å². The molecule has 9 nitrogen and oxygen atoms in total. The summed E-state index contributed by atoms with van der Waals surface area (Å²) in [6.45, 7) is 1.62. The summed E-state index contributed by atoms with van der Waals surface area (Å²) in [5.41, 5.74) is 1.18. The fourth-order valence-electron chi connectivity index (χ4n) is 3.69. The standard InChI is InChI=1S/C23H26ClIN6O3/c1-29(2)20(32)13-34-19-11-14-10-16(4-5-18(14)30(3)22(19)33)27-21-17(24)12-26-23(28-21)31-8-6-15(25)7-9-31/h4-5,10-12,15H,6-9,13H2,1-3H3,(H,26,27,28). The highest BCUT2D eigenvalue weighted by Crippen LogP contribution is 2.29. The van der Waals surface area contributed by atoms with Gasteiger partial charge >= 0.3 is 0 Å². The van der Waals surface area contributed by atoms with Crippen LogP contribution in [0.25, 0.3) is 10.9 Å². The average molecular weight is 597 g/mol. The molecule has 0 unspecified atom stereocenters. The molecule has 0 saturated carbocycles. The minimum absolute atomic E-state index is 0.114. The lowest BCUT2D eigenvalue weighted by Crippen LogP contribution is -2.35. The topological polar surface area (TPSA) is 92.6 Å². The van der Waals surface area contributed by atoms with Crippen LogP contribution >= 0.6 is 34.2 Å². The van der Waals surface area contributed by atoms with Gasteiger partial charge in [0.2, 0.25) is 5.95 Å². The van der Waals surface area contributed by atoms with Crippen LogP contribution in [0.3, 0.4) is 0 Å². The molecule has 2 aromatic heterocycles. The number of alkyl halides is 1. The Hall–Kier alpha value is -2.60. The number of ether oxygens (including phenoxy) is 1. The first-order valence-electron chi connectivity index (χ1n) is 10.9. The second-order valence-corrected chi connectivity index (χ2v) is 10.5. The Morgan fingerprint density at radius 1 is 1.29 bits per heavy atom. The fourth-order valence-corrected chi connectivity index (χ4v) is 4.38. The molecular weight excluding hydrogens is 571 g/mol. The van der Waals surface area contributed by atoms with Crippen molar-refractivity contribution >= 4 is 68.5 Å². The predicted octanol–water partition coefficient (Wildman–Crippen LogP) is 3.60. The minimum atomic E-state index is -0.307. The zero-order chi connectivity index (χ0) is 24.4. The van der Waals surface area contributed by atoms with E-state index in [0.717, 1.165) is 42.5 Å². The SMILES string of the molecule is CN(C)C(=O)COc1cc2cc(Nc3nc(N4CCC(I)CC4)ncc3Cl)ccc2n(C)c1=O. The van der Waals surface area contributed by atoms with E-state index in [9.17, 15) is 9.59 Å². The van der Waals surface area contributed by atoms with E-state index < -0.39 is 0 Å². The summed E-state index contributed by atoms with van der Waals surface area (Å²) < 4.78 is 7.71. The molecule has 0 bridgehead atoms. The molecule has 1 N–H and O–H groups in total. The molecule has 1 aliphatic rings. The van der Waals surface area contributed by atoms with Crippen LogP contribution in [0, 0.1) is 0 Å². The number of anilines is 3. The Labute approximate surface area is 216 Å². The lowest BCUT2D eigenvalue weighted by atomic mass is 10.1. The van der Waals surface area contributed by atoms with Gasteiger partial charge in [-0.1, -0.05) is 34.2 Å². The Kier molecular flexibility index (Phi) is 7.46. The number of rotatable bonds is 6. The van der Waals surface area contributed by atoms with Crippen LogP contribution in [0.2, 0.25) is 5.02 Å². The number of nitrogens with one attached hydrogen (secondary N) is 1. The second-order valence-electron chi connectivity index (χ2n) is 8.38. The monoisotopic (exact) mass is 596 g/mol. The molecule has 1 amide bonds. The molecule has 3 heterocycles. The average Bonchev–Trinajstić information content (AvgIpc) is 2.82. The van der Waals surface area contributed by atoms with Gasteiger partial charge in [0.05, 0.1) is 11.7 Å². The summed E-state index contributed by atoms with van der Waals surface area (Å²) in [6.07, 6.45) is 3.81. The van der Waals surface area contributed by atoms with Crippen LogP contribution in [0.5, 0.6) is 5.75 Å². The molecule has 1 fully saturated rings. The summed E-state index contributed by atoms with van der Waals surface area (Å²) in [5.74, 6) is 1.05. The maximum Gasteiger partial charge on any atom is 0.293 e. The molecule has 4 rings (SSSR count). The first-order valence-corrected chi connectivity index (χ1v) is 12.5. The van der Waals surface area contributed by atoms with E-state index in [4.69, 9.17) is 16.3 Å². The molecule has 0 aliphatic carbocycles. The molecule has 11 heteroatoms. The third-order valence-electron chi connectivity index (χ3n) is 5.74. The molecule has 3 aromatic rings. The first kappa shape index (κ1) is 24.5. The summed E-state index contributed by atoms with van der Waals surface area (Å²) >= 11 is 8.87. The summed E-state index contributed by atoms with van der Waals surface area (Å²) in [5, 5.41) is 4.46. The van der Waals surface area contributed by atoms with Crippen LogP contribution in [0.1, 0.15) is 12.8 Å². The maximum absolute atomic E-state index is 12.7. The number of hydrogen-bond donors (Lipinski definition) is 1. The van der Waals surface area contributed by atoms with Gasteiger partial charge < -0.3 is 24.4 Å². The molecule has 1 aliphatic heterocycles. The van der Waals surface area contributed by atoms with Crippen LogP contribution in [-0.2, 0) is 11.8 Å². The van der Waals surface area contributed by atoms with Crippen LogP contribution in [0.15, 0.2) is 35.3 Å². The zero-order valence-electron chi connectivity index (χ0n) is 19.2. The van der Waals surface area contributed by atoms with Gasteiger partial charge in [-0.2, -0.15) is 4.98 Å². The highest BCUT2D eigenvalue weighted by Gasteiger charge is 2.20. The highest BCUT2D eigenvalue weighted by molar-refractivity contribution is 14.1. The third-order valence-corrected chi connectivity index (χ3v) is 7.26. The number of carbonyl (C=O) groups excluding carboxylic acids is 1. The molecule has 0 atom stereocenters. The smallest absolute Gasteiger partial charge is 0.293 e. The van der Waals surface area contributed by atoms with E-state index in [2.05, 4.69) is 42.8 Å². The van der Waals surface area contributed by atoms with Crippen molar-refractivity contribution in [2.75, 3.05) is 44.0 Å². The van der Waals surface area contributed by atoms with Crippen LogP contribution < -0.4 is 20.5 Å². The van der Waals surface area contributed by atoms with Crippen molar-refractivity contribution in [1.29, 1.82) is 0 Å². The van der Waals surface area contributed by atoms with Gasteiger partial charge in [0.15, 0.2) is 18.2 Å². The van der Waals surface area contributed by atoms with Gasteiger partial charge in [0, 0.05) is 49.2 Å².